The highest BCUT2D eigenvalue weighted by molar-refractivity contribution is 7.10. The van der Waals surface area contributed by atoms with E-state index in [2.05, 4.69) is 62.7 Å². The lowest BCUT2D eigenvalue weighted by atomic mass is 9.96. The molecule has 0 spiro atoms. The number of benzene rings is 1. The van der Waals surface area contributed by atoms with Crippen molar-refractivity contribution in [3.8, 4) is 0 Å². The van der Waals surface area contributed by atoms with Crippen molar-refractivity contribution in [2.24, 2.45) is 0 Å². The lowest BCUT2D eigenvalue weighted by molar-refractivity contribution is 0.597. The first-order valence-electron chi connectivity index (χ1n) is 6.98. The Morgan fingerprint density at radius 1 is 1.11 bits per heavy atom. The van der Waals surface area contributed by atoms with Crippen LogP contribution in [0.2, 0.25) is 0 Å². The second-order valence-corrected chi connectivity index (χ2v) is 6.28. The van der Waals surface area contributed by atoms with Crippen LogP contribution in [-0.2, 0) is 0 Å². The van der Waals surface area contributed by atoms with Crippen LogP contribution in [0.15, 0.2) is 29.6 Å². The Morgan fingerprint density at radius 3 is 2.47 bits per heavy atom. The molecule has 1 aromatic carbocycles. The SMILES string of the molecule is CCCNC(c1ccc(C)c(C)c1)c1ccsc1C. The van der Waals surface area contributed by atoms with Crippen LogP contribution in [0.3, 0.4) is 0 Å². The molecule has 0 aliphatic carbocycles. The molecule has 1 unspecified atom stereocenters. The fraction of sp³-hybridized carbons (Fsp3) is 0.412. The molecule has 19 heavy (non-hydrogen) atoms. The lowest BCUT2D eigenvalue weighted by Gasteiger charge is -2.20. The van der Waals surface area contributed by atoms with E-state index < -0.39 is 0 Å². The predicted molar refractivity (Wildman–Crippen MR) is 85.1 cm³/mol. The van der Waals surface area contributed by atoms with Crippen molar-refractivity contribution in [2.45, 2.75) is 40.2 Å². The zero-order valence-electron chi connectivity index (χ0n) is 12.3. The number of rotatable bonds is 5. The lowest BCUT2D eigenvalue weighted by Crippen LogP contribution is -2.23. The summed E-state index contributed by atoms with van der Waals surface area (Å²) in [6.45, 7) is 9.83. The standard InChI is InChI=1S/C17H23NS/c1-5-9-18-17(16-8-10-19-14(16)4)15-7-6-12(2)13(3)11-15/h6-8,10-11,17-18H,5,9H2,1-4H3. The average Bonchev–Trinajstić information content (AvgIpc) is 2.80. The van der Waals surface area contributed by atoms with Gasteiger partial charge in [-0.1, -0.05) is 25.1 Å². The maximum atomic E-state index is 3.68. The molecule has 0 radical (unpaired) electrons. The number of hydrogen-bond donors (Lipinski definition) is 1. The molecule has 0 aliphatic rings. The van der Waals surface area contributed by atoms with Gasteiger partial charge in [0.1, 0.15) is 0 Å². The average molecular weight is 273 g/mol. The maximum absolute atomic E-state index is 3.68. The highest BCUT2D eigenvalue weighted by Gasteiger charge is 2.16. The molecule has 0 fully saturated rings. The Labute approximate surface area is 120 Å². The first-order chi connectivity index (χ1) is 9.13. The minimum Gasteiger partial charge on any atom is -0.306 e. The van der Waals surface area contributed by atoms with Gasteiger partial charge in [-0.05, 0) is 67.4 Å². The van der Waals surface area contributed by atoms with E-state index in [9.17, 15) is 0 Å². The Kier molecular flexibility index (Phi) is 4.78. The van der Waals surface area contributed by atoms with Crippen molar-refractivity contribution in [1.29, 1.82) is 0 Å². The van der Waals surface area contributed by atoms with Gasteiger partial charge in [-0.2, -0.15) is 0 Å². The normalized spacial score (nSPS) is 12.6. The molecule has 0 saturated heterocycles. The highest BCUT2D eigenvalue weighted by atomic mass is 32.1. The van der Waals surface area contributed by atoms with Crippen molar-refractivity contribution in [3.05, 3.63) is 56.8 Å². The number of thiophene rings is 1. The molecule has 2 aromatic rings. The van der Waals surface area contributed by atoms with Gasteiger partial charge in [-0.15, -0.1) is 11.3 Å². The van der Waals surface area contributed by atoms with Crippen LogP contribution in [0.1, 0.15) is 46.5 Å². The van der Waals surface area contributed by atoms with Crippen LogP contribution < -0.4 is 5.32 Å². The van der Waals surface area contributed by atoms with E-state index in [1.807, 2.05) is 11.3 Å². The summed E-state index contributed by atoms with van der Waals surface area (Å²) in [5.41, 5.74) is 5.52. The molecular weight excluding hydrogens is 250 g/mol. The summed E-state index contributed by atoms with van der Waals surface area (Å²) >= 11 is 1.83. The maximum Gasteiger partial charge on any atom is 0.0587 e. The molecule has 0 saturated carbocycles. The van der Waals surface area contributed by atoms with E-state index in [0.29, 0.717) is 6.04 Å². The molecule has 1 atom stereocenters. The summed E-state index contributed by atoms with van der Waals surface area (Å²) in [6.07, 6.45) is 1.16. The molecule has 1 N–H and O–H groups in total. The summed E-state index contributed by atoms with van der Waals surface area (Å²) in [5.74, 6) is 0. The zero-order valence-corrected chi connectivity index (χ0v) is 13.1. The van der Waals surface area contributed by atoms with Crippen molar-refractivity contribution in [1.82, 2.24) is 5.32 Å². The van der Waals surface area contributed by atoms with E-state index >= 15 is 0 Å². The molecule has 0 amide bonds. The van der Waals surface area contributed by atoms with Crippen molar-refractivity contribution in [2.75, 3.05) is 6.54 Å². The molecule has 102 valence electrons. The Bertz CT molecular complexity index is 542. The van der Waals surface area contributed by atoms with Gasteiger partial charge in [0.15, 0.2) is 0 Å². The van der Waals surface area contributed by atoms with Gasteiger partial charge in [0.05, 0.1) is 6.04 Å². The van der Waals surface area contributed by atoms with Gasteiger partial charge in [0, 0.05) is 4.88 Å². The molecule has 2 rings (SSSR count). The summed E-state index contributed by atoms with van der Waals surface area (Å²) in [6, 6.07) is 9.38. The van der Waals surface area contributed by atoms with Crippen molar-refractivity contribution >= 4 is 11.3 Å². The monoisotopic (exact) mass is 273 g/mol. The van der Waals surface area contributed by atoms with E-state index in [-0.39, 0.29) is 0 Å². The van der Waals surface area contributed by atoms with E-state index in [4.69, 9.17) is 0 Å². The fourth-order valence-electron chi connectivity index (χ4n) is 2.33. The topological polar surface area (TPSA) is 12.0 Å². The third-order valence-corrected chi connectivity index (χ3v) is 4.53. The first kappa shape index (κ1) is 14.3. The highest BCUT2D eigenvalue weighted by Crippen LogP contribution is 2.29. The zero-order chi connectivity index (χ0) is 13.8. The van der Waals surface area contributed by atoms with Gasteiger partial charge < -0.3 is 5.32 Å². The van der Waals surface area contributed by atoms with Crippen LogP contribution in [0.4, 0.5) is 0 Å². The fourth-order valence-corrected chi connectivity index (χ4v) is 3.08. The molecule has 1 heterocycles. The summed E-state index contributed by atoms with van der Waals surface area (Å²) in [5, 5.41) is 5.87. The van der Waals surface area contributed by atoms with Gasteiger partial charge in [-0.25, -0.2) is 0 Å². The minimum absolute atomic E-state index is 0.325. The number of hydrogen-bond acceptors (Lipinski definition) is 2. The van der Waals surface area contributed by atoms with Crippen LogP contribution in [0, 0.1) is 20.8 Å². The molecule has 2 heteroatoms. The molecule has 1 aromatic heterocycles. The first-order valence-corrected chi connectivity index (χ1v) is 7.86. The molecule has 0 aliphatic heterocycles. The Hall–Kier alpha value is -1.12. The minimum atomic E-state index is 0.325. The summed E-state index contributed by atoms with van der Waals surface area (Å²) < 4.78 is 0. The molecular formula is C17H23NS. The second kappa shape index (κ2) is 6.36. The smallest absolute Gasteiger partial charge is 0.0587 e. The van der Waals surface area contributed by atoms with Gasteiger partial charge in [-0.3, -0.25) is 0 Å². The van der Waals surface area contributed by atoms with Crippen LogP contribution >= 0.6 is 11.3 Å². The second-order valence-electron chi connectivity index (χ2n) is 5.16. The van der Waals surface area contributed by atoms with E-state index in [0.717, 1.165) is 13.0 Å². The predicted octanol–water partition coefficient (Wildman–Crippen LogP) is 4.76. The van der Waals surface area contributed by atoms with E-state index in [1.165, 1.54) is 27.1 Å². The third kappa shape index (κ3) is 3.26. The molecule has 1 nitrogen and oxygen atoms in total. The summed E-state index contributed by atoms with van der Waals surface area (Å²) in [4.78, 5) is 1.41. The van der Waals surface area contributed by atoms with Gasteiger partial charge >= 0.3 is 0 Å². The van der Waals surface area contributed by atoms with Crippen molar-refractivity contribution < 1.29 is 0 Å². The Morgan fingerprint density at radius 2 is 1.89 bits per heavy atom. The third-order valence-electron chi connectivity index (χ3n) is 3.67. The summed E-state index contributed by atoms with van der Waals surface area (Å²) in [7, 11) is 0. The van der Waals surface area contributed by atoms with Crippen LogP contribution in [-0.4, -0.2) is 6.54 Å². The molecule has 0 bridgehead atoms. The van der Waals surface area contributed by atoms with Gasteiger partial charge in [0.25, 0.3) is 0 Å². The Balaban J connectivity index is 2.37. The number of aryl methyl sites for hydroxylation is 3. The van der Waals surface area contributed by atoms with E-state index in [1.54, 1.807) is 0 Å². The van der Waals surface area contributed by atoms with Gasteiger partial charge in [0.2, 0.25) is 0 Å². The van der Waals surface area contributed by atoms with Crippen LogP contribution in [0.25, 0.3) is 0 Å². The van der Waals surface area contributed by atoms with Crippen molar-refractivity contribution in [3.63, 3.8) is 0 Å². The largest absolute Gasteiger partial charge is 0.306 e. The number of nitrogens with one attached hydrogen (secondary N) is 1. The quantitative estimate of drug-likeness (QED) is 0.828. The van der Waals surface area contributed by atoms with Crippen LogP contribution in [0.5, 0.6) is 0 Å².